The summed E-state index contributed by atoms with van der Waals surface area (Å²) in [6, 6.07) is -0.536. The third kappa shape index (κ3) is 67.7. The maximum absolute atomic E-state index is 12.5. The van der Waals surface area contributed by atoms with Crippen molar-refractivity contribution in [2.75, 3.05) is 13.2 Å². The van der Waals surface area contributed by atoms with Crippen LogP contribution in [0.15, 0.2) is 12.2 Å². The molecule has 0 aliphatic rings. The van der Waals surface area contributed by atoms with Crippen molar-refractivity contribution in [2.24, 2.45) is 0 Å². The van der Waals surface area contributed by atoms with Gasteiger partial charge in [-0.2, -0.15) is 0 Å². The average Bonchev–Trinajstić information content (AvgIpc) is 3.48. The van der Waals surface area contributed by atoms with E-state index >= 15 is 0 Å². The molecule has 0 aromatic heterocycles. The Morgan fingerprint density at radius 1 is 0.329 bits per heavy atom. The molecule has 0 saturated heterocycles. The molecule has 0 aromatic rings. The lowest BCUT2D eigenvalue weighted by atomic mass is 10.0. The summed E-state index contributed by atoms with van der Waals surface area (Å²) >= 11 is 0. The highest BCUT2D eigenvalue weighted by Crippen LogP contribution is 2.20. The SMILES string of the molecule is CCCCCCCC/C=C\CCCCCCCCCCCC(=O)OCCCCCCCCCCCCCCCCCCCCCCCCCCCCCCCCCCCC(=O)NC(CO)C(O)CCCCCCCCCCCCCCC. The predicted molar refractivity (Wildman–Crippen MR) is 361 cm³/mol. The Morgan fingerprint density at radius 3 is 0.866 bits per heavy atom. The van der Waals surface area contributed by atoms with Crippen molar-refractivity contribution in [2.45, 2.75) is 450 Å². The van der Waals surface area contributed by atoms with Gasteiger partial charge in [0.2, 0.25) is 5.91 Å². The second-order valence-corrected chi connectivity index (χ2v) is 26.3. The van der Waals surface area contributed by atoms with Gasteiger partial charge in [0.1, 0.15) is 0 Å². The van der Waals surface area contributed by atoms with E-state index in [1.165, 1.54) is 366 Å². The van der Waals surface area contributed by atoms with Gasteiger partial charge in [-0.05, 0) is 51.4 Å². The summed E-state index contributed by atoms with van der Waals surface area (Å²) in [5, 5.41) is 23.3. The summed E-state index contributed by atoms with van der Waals surface area (Å²) in [6.07, 6.45) is 90.1. The van der Waals surface area contributed by atoms with E-state index in [1.807, 2.05) is 0 Å². The van der Waals surface area contributed by atoms with E-state index in [0.29, 0.717) is 25.9 Å². The van der Waals surface area contributed by atoms with Gasteiger partial charge in [0.05, 0.1) is 25.4 Å². The van der Waals surface area contributed by atoms with Crippen molar-refractivity contribution in [3.05, 3.63) is 12.2 Å². The molecule has 0 heterocycles. The number of aliphatic hydroxyl groups is 2. The first-order chi connectivity index (χ1) is 40.5. The number of hydrogen-bond acceptors (Lipinski definition) is 5. The molecule has 0 radical (unpaired) electrons. The number of unbranched alkanes of at least 4 members (excludes halogenated alkanes) is 59. The van der Waals surface area contributed by atoms with Crippen LogP contribution in [0.4, 0.5) is 0 Å². The standard InChI is InChI=1S/C76H149NO5/c1-3-5-7-9-11-13-15-17-18-19-35-39-42-46-50-54-58-62-66-70-76(81)82-71-67-63-59-55-51-47-43-40-37-34-32-30-28-26-24-22-20-21-23-25-27-29-31-33-36-38-41-45-49-53-57-61-65-69-75(80)77-73(72-78)74(79)68-64-60-56-52-48-44-16-14-12-10-8-6-4-2/h17-18,73-74,78-79H,3-16,19-72H2,1-2H3,(H,77,80)/b18-17-. The second kappa shape index (κ2) is 72.1. The minimum absolute atomic E-state index is 0.0224. The first-order valence-electron chi connectivity index (χ1n) is 37.9. The highest BCUT2D eigenvalue weighted by atomic mass is 16.5. The summed E-state index contributed by atoms with van der Waals surface area (Å²) in [7, 11) is 0. The van der Waals surface area contributed by atoms with Crippen LogP contribution < -0.4 is 5.32 Å². The fourth-order valence-electron chi connectivity index (χ4n) is 12.3. The molecule has 6 nitrogen and oxygen atoms in total. The van der Waals surface area contributed by atoms with Gasteiger partial charge in [-0.3, -0.25) is 9.59 Å². The number of carbonyl (C=O) groups excluding carboxylic acids is 2. The van der Waals surface area contributed by atoms with Crippen LogP contribution in [-0.4, -0.2) is 47.4 Å². The van der Waals surface area contributed by atoms with Crippen molar-refractivity contribution in [1.82, 2.24) is 5.32 Å². The van der Waals surface area contributed by atoms with Crippen molar-refractivity contribution in [3.63, 3.8) is 0 Å². The van der Waals surface area contributed by atoms with Gasteiger partial charge in [0.15, 0.2) is 0 Å². The number of allylic oxidation sites excluding steroid dienone is 2. The third-order valence-corrected chi connectivity index (χ3v) is 18.1. The first kappa shape index (κ1) is 80.6. The van der Waals surface area contributed by atoms with Crippen LogP contribution in [0.1, 0.15) is 438 Å². The molecule has 3 N–H and O–H groups in total. The molecule has 2 atom stereocenters. The molecule has 2 unspecified atom stereocenters. The summed E-state index contributed by atoms with van der Waals surface area (Å²) in [4.78, 5) is 24.6. The van der Waals surface area contributed by atoms with E-state index in [9.17, 15) is 19.8 Å². The summed E-state index contributed by atoms with van der Waals surface area (Å²) in [5.41, 5.74) is 0. The number of esters is 1. The van der Waals surface area contributed by atoms with Gasteiger partial charge >= 0.3 is 5.97 Å². The first-order valence-corrected chi connectivity index (χ1v) is 37.9. The maximum Gasteiger partial charge on any atom is 0.305 e. The average molecular weight is 1160 g/mol. The van der Waals surface area contributed by atoms with E-state index in [0.717, 1.165) is 38.5 Å². The zero-order chi connectivity index (χ0) is 59.2. The number of ether oxygens (including phenoxy) is 1. The topological polar surface area (TPSA) is 95.9 Å². The van der Waals surface area contributed by atoms with Crippen LogP contribution in [0.25, 0.3) is 0 Å². The van der Waals surface area contributed by atoms with Gasteiger partial charge in [0, 0.05) is 12.8 Å². The predicted octanol–water partition coefficient (Wildman–Crippen LogP) is 24.7. The molecular formula is C76H149NO5. The lowest BCUT2D eigenvalue weighted by molar-refractivity contribution is -0.143. The molecule has 0 saturated carbocycles. The van der Waals surface area contributed by atoms with Crippen LogP contribution >= 0.6 is 0 Å². The molecule has 0 rings (SSSR count). The van der Waals surface area contributed by atoms with E-state index < -0.39 is 12.1 Å². The Balaban J connectivity index is 3.28. The van der Waals surface area contributed by atoms with E-state index in [4.69, 9.17) is 4.74 Å². The van der Waals surface area contributed by atoms with E-state index in [-0.39, 0.29) is 18.5 Å². The Kier molecular flexibility index (Phi) is 70.8. The zero-order valence-corrected chi connectivity index (χ0v) is 56.0. The highest BCUT2D eigenvalue weighted by Gasteiger charge is 2.20. The molecule has 0 spiro atoms. The summed E-state index contributed by atoms with van der Waals surface area (Å²) < 4.78 is 5.52. The molecule has 0 aliphatic carbocycles. The molecule has 0 fully saturated rings. The van der Waals surface area contributed by atoms with Crippen molar-refractivity contribution >= 4 is 11.9 Å². The molecule has 488 valence electrons. The van der Waals surface area contributed by atoms with Gasteiger partial charge in [-0.25, -0.2) is 0 Å². The molecule has 0 aromatic carbocycles. The zero-order valence-electron chi connectivity index (χ0n) is 56.0. The van der Waals surface area contributed by atoms with Gasteiger partial charge in [0.25, 0.3) is 0 Å². The Hall–Kier alpha value is -1.40. The number of aliphatic hydroxyl groups excluding tert-OH is 2. The van der Waals surface area contributed by atoms with Crippen LogP contribution in [0, 0.1) is 0 Å². The minimum Gasteiger partial charge on any atom is -0.466 e. The Bertz CT molecular complexity index is 1240. The second-order valence-electron chi connectivity index (χ2n) is 26.3. The molecule has 0 bridgehead atoms. The number of hydrogen-bond donors (Lipinski definition) is 3. The van der Waals surface area contributed by atoms with Crippen LogP contribution in [0.3, 0.4) is 0 Å². The Morgan fingerprint density at radius 2 is 0.573 bits per heavy atom. The van der Waals surface area contributed by atoms with Crippen LogP contribution in [0.2, 0.25) is 0 Å². The van der Waals surface area contributed by atoms with Gasteiger partial charge in [-0.15, -0.1) is 0 Å². The maximum atomic E-state index is 12.5. The minimum atomic E-state index is -0.659. The number of nitrogens with one attached hydrogen (secondary N) is 1. The normalized spacial score (nSPS) is 12.5. The molecular weight excluding hydrogens is 1010 g/mol. The van der Waals surface area contributed by atoms with Crippen molar-refractivity contribution < 1.29 is 24.5 Å². The lowest BCUT2D eigenvalue weighted by Gasteiger charge is -2.22. The summed E-state index contributed by atoms with van der Waals surface area (Å²) in [5.74, 6) is -0.00499. The largest absolute Gasteiger partial charge is 0.466 e. The fourth-order valence-corrected chi connectivity index (χ4v) is 12.3. The number of rotatable bonds is 72. The van der Waals surface area contributed by atoms with Gasteiger partial charge in [-0.1, -0.05) is 386 Å². The van der Waals surface area contributed by atoms with Gasteiger partial charge < -0.3 is 20.3 Å². The van der Waals surface area contributed by atoms with Crippen LogP contribution in [0.5, 0.6) is 0 Å². The van der Waals surface area contributed by atoms with E-state index in [2.05, 4.69) is 31.3 Å². The quantitative estimate of drug-likeness (QED) is 0.0320. The van der Waals surface area contributed by atoms with Crippen LogP contribution in [-0.2, 0) is 14.3 Å². The molecule has 6 heteroatoms. The number of amides is 1. The summed E-state index contributed by atoms with van der Waals surface area (Å²) in [6.45, 7) is 4.99. The fraction of sp³-hybridized carbons (Fsp3) is 0.947. The smallest absolute Gasteiger partial charge is 0.305 e. The third-order valence-electron chi connectivity index (χ3n) is 18.1. The monoisotopic (exact) mass is 1160 g/mol. The van der Waals surface area contributed by atoms with Crippen molar-refractivity contribution in [1.29, 1.82) is 0 Å². The van der Waals surface area contributed by atoms with E-state index in [1.54, 1.807) is 0 Å². The lowest BCUT2D eigenvalue weighted by Crippen LogP contribution is -2.45. The highest BCUT2D eigenvalue weighted by molar-refractivity contribution is 5.76. The Labute approximate surface area is 514 Å². The number of carbonyl (C=O) groups is 2. The molecule has 1 amide bonds. The van der Waals surface area contributed by atoms with Crippen molar-refractivity contribution in [3.8, 4) is 0 Å². The molecule has 0 aliphatic heterocycles. The molecule has 82 heavy (non-hydrogen) atoms.